The van der Waals surface area contributed by atoms with Gasteiger partial charge in [0.2, 0.25) is 5.91 Å². The van der Waals surface area contributed by atoms with E-state index in [1.165, 1.54) is 6.92 Å². The topological polar surface area (TPSA) is 59.6 Å². The molecule has 2 rings (SSSR count). The smallest absolute Gasteiger partial charge is 0.221 e. The van der Waals surface area contributed by atoms with Gasteiger partial charge in [0.05, 0.1) is 13.7 Å². The number of anilines is 2. The number of benzene rings is 2. The van der Waals surface area contributed by atoms with E-state index in [0.717, 1.165) is 23.4 Å². The molecule has 25 heavy (non-hydrogen) atoms. The average molecular weight is 363 g/mol. The van der Waals surface area contributed by atoms with Gasteiger partial charge in [0.1, 0.15) is 0 Å². The normalized spacial score (nSPS) is 10.2. The highest BCUT2D eigenvalue weighted by molar-refractivity contribution is 6.30. The first kappa shape index (κ1) is 18.9. The average Bonchev–Trinajstić information content (AvgIpc) is 2.59. The van der Waals surface area contributed by atoms with Crippen LogP contribution >= 0.6 is 11.6 Å². The molecule has 0 unspecified atom stereocenters. The van der Waals surface area contributed by atoms with E-state index in [0.29, 0.717) is 29.7 Å². The molecule has 2 N–H and O–H groups in total. The van der Waals surface area contributed by atoms with Crippen molar-refractivity contribution in [3.63, 3.8) is 0 Å². The quantitative estimate of drug-likeness (QED) is 0.714. The molecule has 2 aromatic rings. The molecule has 2 aromatic carbocycles. The molecule has 0 aromatic heterocycles. The lowest BCUT2D eigenvalue weighted by Gasteiger charge is -2.16. The molecule has 0 aliphatic carbocycles. The first-order chi connectivity index (χ1) is 12.0. The molecule has 1 amide bonds. The maximum Gasteiger partial charge on any atom is 0.221 e. The Labute approximate surface area is 153 Å². The van der Waals surface area contributed by atoms with Gasteiger partial charge in [-0.2, -0.15) is 0 Å². The van der Waals surface area contributed by atoms with Gasteiger partial charge in [-0.25, -0.2) is 0 Å². The standard InChI is InChI=1S/C19H23ClN2O3/c1-4-9-25-19-14(10-15(20)11-18(19)24-3)12-21-16-5-7-17(8-6-16)22-13(2)23/h5-8,10-11,21H,4,9,12H2,1-3H3,(H,22,23). The van der Waals surface area contributed by atoms with Crippen molar-refractivity contribution >= 4 is 28.9 Å². The fourth-order valence-corrected chi connectivity index (χ4v) is 2.58. The van der Waals surface area contributed by atoms with E-state index in [1.807, 2.05) is 30.3 Å². The monoisotopic (exact) mass is 362 g/mol. The molecule has 0 bridgehead atoms. The summed E-state index contributed by atoms with van der Waals surface area (Å²) >= 11 is 6.18. The molecule has 0 aliphatic heterocycles. The van der Waals surface area contributed by atoms with Gasteiger partial charge in [0, 0.05) is 41.5 Å². The van der Waals surface area contributed by atoms with Crippen molar-refractivity contribution < 1.29 is 14.3 Å². The van der Waals surface area contributed by atoms with Crippen LogP contribution in [0.15, 0.2) is 36.4 Å². The van der Waals surface area contributed by atoms with E-state index in [-0.39, 0.29) is 5.91 Å². The molecule has 0 aliphatic rings. The molecule has 0 spiro atoms. The zero-order chi connectivity index (χ0) is 18.2. The van der Waals surface area contributed by atoms with E-state index >= 15 is 0 Å². The summed E-state index contributed by atoms with van der Waals surface area (Å²) in [7, 11) is 1.60. The number of halogens is 1. The summed E-state index contributed by atoms with van der Waals surface area (Å²) in [5.41, 5.74) is 2.60. The van der Waals surface area contributed by atoms with E-state index in [9.17, 15) is 4.79 Å². The van der Waals surface area contributed by atoms with Crippen LogP contribution in [-0.2, 0) is 11.3 Å². The summed E-state index contributed by atoms with van der Waals surface area (Å²) in [6.45, 7) is 4.68. The third-order valence-electron chi connectivity index (χ3n) is 3.46. The van der Waals surface area contributed by atoms with Crippen molar-refractivity contribution in [1.82, 2.24) is 0 Å². The molecule has 0 saturated heterocycles. The molecule has 0 fully saturated rings. The number of hydrogen-bond donors (Lipinski definition) is 2. The Morgan fingerprint density at radius 2 is 1.84 bits per heavy atom. The first-order valence-corrected chi connectivity index (χ1v) is 8.52. The lowest BCUT2D eigenvalue weighted by Crippen LogP contribution is -2.07. The minimum absolute atomic E-state index is 0.0931. The van der Waals surface area contributed by atoms with Crippen molar-refractivity contribution in [2.45, 2.75) is 26.8 Å². The molecule has 0 saturated carbocycles. The fourth-order valence-electron chi connectivity index (χ4n) is 2.35. The second-order valence-corrected chi connectivity index (χ2v) is 5.99. The molecule has 0 radical (unpaired) electrons. The van der Waals surface area contributed by atoms with Crippen LogP contribution in [0.4, 0.5) is 11.4 Å². The number of rotatable bonds is 8. The Hall–Kier alpha value is -2.40. The van der Waals surface area contributed by atoms with Crippen molar-refractivity contribution in [3.05, 3.63) is 47.0 Å². The maximum absolute atomic E-state index is 11.1. The summed E-state index contributed by atoms with van der Waals surface area (Å²) in [5.74, 6) is 1.24. The molecular formula is C19H23ClN2O3. The second kappa shape index (κ2) is 9.18. The van der Waals surface area contributed by atoms with Crippen LogP contribution in [0.2, 0.25) is 5.02 Å². The summed E-state index contributed by atoms with van der Waals surface area (Å²) in [6, 6.07) is 11.1. The zero-order valence-corrected chi connectivity index (χ0v) is 15.4. The van der Waals surface area contributed by atoms with Crippen LogP contribution in [0, 0.1) is 0 Å². The predicted molar refractivity (Wildman–Crippen MR) is 102 cm³/mol. The Kier molecular flexibility index (Phi) is 6.95. The largest absolute Gasteiger partial charge is 0.493 e. The maximum atomic E-state index is 11.1. The summed E-state index contributed by atoms with van der Waals surface area (Å²) < 4.78 is 11.2. The van der Waals surface area contributed by atoms with Gasteiger partial charge in [-0.15, -0.1) is 0 Å². The summed E-state index contributed by atoms with van der Waals surface area (Å²) in [4.78, 5) is 11.1. The van der Waals surface area contributed by atoms with Crippen LogP contribution in [0.3, 0.4) is 0 Å². The summed E-state index contributed by atoms with van der Waals surface area (Å²) in [6.07, 6.45) is 0.906. The molecule has 0 heterocycles. The van der Waals surface area contributed by atoms with Crippen LogP contribution in [0.5, 0.6) is 11.5 Å². The second-order valence-electron chi connectivity index (χ2n) is 5.56. The third kappa shape index (κ3) is 5.57. The van der Waals surface area contributed by atoms with Gasteiger partial charge in [0.25, 0.3) is 0 Å². The summed E-state index contributed by atoms with van der Waals surface area (Å²) in [5, 5.41) is 6.67. The number of amides is 1. The Morgan fingerprint density at radius 3 is 2.44 bits per heavy atom. The fraction of sp³-hybridized carbons (Fsp3) is 0.316. The van der Waals surface area contributed by atoms with Crippen LogP contribution in [0.25, 0.3) is 0 Å². The van der Waals surface area contributed by atoms with Gasteiger partial charge >= 0.3 is 0 Å². The minimum atomic E-state index is -0.0931. The number of ether oxygens (including phenoxy) is 2. The van der Waals surface area contributed by atoms with Crippen LogP contribution in [-0.4, -0.2) is 19.6 Å². The minimum Gasteiger partial charge on any atom is -0.493 e. The van der Waals surface area contributed by atoms with Gasteiger partial charge < -0.3 is 20.1 Å². The molecule has 134 valence electrons. The number of carbonyl (C=O) groups is 1. The number of carbonyl (C=O) groups excluding carboxylic acids is 1. The molecule has 6 heteroatoms. The van der Waals surface area contributed by atoms with Crippen molar-refractivity contribution in [3.8, 4) is 11.5 Å². The van der Waals surface area contributed by atoms with Crippen LogP contribution in [0.1, 0.15) is 25.8 Å². The lowest BCUT2D eigenvalue weighted by molar-refractivity contribution is -0.114. The molecule has 0 atom stereocenters. The van der Waals surface area contributed by atoms with Crippen LogP contribution < -0.4 is 20.1 Å². The van der Waals surface area contributed by atoms with E-state index in [4.69, 9.17) is 21.1 Å². The Balaban J connectivity index is 2.13. The van der Waals surface area contributed by atoms with E-state index < -0.39 is 0 Å². The van der Waals surface area contributed by atoms with Gasteiger partial charge in [0.15, 0.2) is 11.5 Å². The van der Waals surface area contributed by atoms with Crippen molar-refractivity contribution in [2.24, 2.45) is 0 Å². The van der Waals surface area contributed by atoms with E-state index in [1.54, 1.807) is 13.2 Å². The number of nitrogens with one attached hydrogen (secondary N) is 2. The van der Waals surface area contributed by atoms with Gasteiger partial charge in [-0.1, -0.05) is 18.5 Å². The highest BCUT2D eigenvalue weighted by atomic mass is 35.5. The van der Waals surface area contributed by atoms with Crippen molar-refractivity contribution in [1.29, 1.82) is 0 Å². The SMILES string of the molecule is CCCOc1c(CNc2ccc(NC(C)=O)cc2)cc(Cl)cc1OC. The highest BCUT2D eigenvalue weighted by Crippen LogP contribution is 2.35. The lowest BCUT2D eigenvalue weighted by atomic mass is 10.1. The van der Waals surface area contributed by atoms with Gasteiger partial charge in [-0.3, -0.25) is 4.79 Å². The van der Waals surface area contributed by atoms with Gasteiger partial charge in [-0.05, 0) is 36.8 Å². The predicted octanol–water partition coefficient (Wildman–Crippen LogP) is 4.71. The highest BCUT2D eigenvalue weighted by Gasteiger charge is 2.13. The number of hydrogen-bond acceptors (Lipinski definition) is 4. The molecule has 5 nitrogen and oxygen atoms in total. The molecular weight excluding hydrogens is 340 g/mol. The van der Waals surface area contributed by atoms with E-state index in [2.05, 4.69) is 17.6 Å². The Morgan fingerprint density at radius 1 is 1.16 bits per heavy atom. The third-order valence-corrected chi connectivity index (χ3v) is 3.67. The van der Waals surface area contributed by atoms with Crippen molar-refractivity contribution in [2.75, 3.05) is 24.4 Å². The first-order valence-electron chi connectivity index (χ1n) is 8.14. The Bertz CT molecular complexity index is 717. The number of methoxy groups -OCH3 is 1. The zero-order valence-electron chi connectivity index (χ0n) is 14.7.